The Hall–Kier alpha value is -2.34. The Balaban J connectivity index is 1.79. The van der Waals surface area contributed by atoms with Gasteiger partial charge in [-0.05, 0) is 31.4 Å². The summed E-state index contributed by atoms with van der Waals surface area (Å²) in [6.07, 6.45) is 7.18. The average molecular weight is 298 g/mol. The molecule has 22 heavy (non-hydrogen) atoms. The number of pyridine rings is 1. The fourth-order valence-electron chi connectivity index (χ4n) is 2.75. The molecule has 2 aromatic heterocycles. The lowest BCUT2D eigenvalue weighted by atomic mass is 10.0. The minimum atomic E-state index is -0.525. The molecule has 1 fully saturated rings. The molecule has 2 aromatic rings. The second-order valence-corrected chi connectivity index (χ2v) is 5.53. The molecule has 1 amide bonds. The van der Waals surface area contributed by atoms with Crippen molar-refractivity contribution in [1.29, 1.82) is 0 Å². The third kappa shape index (κ3) is 2.96. The molecule has 6 nitrogen and oxygen atoms in total. The first-order valence-corrected chi connectivity index (χ1v) is 7.32. The van der Waals surface area contributed by atoms with Gasteiger partial charge < -0.3 is 10.0 Å². The van der Waals surface area contributed by atoms with E-state index in [1.807, 2.05) is 19.1 Å². The molecule has 0 aromatic carbocycles. The maximum atomic E-state index is 12.6. The third-order valence-electron chi connectivity index (χ3n) is 3.94. The van der Waals surface area contributed by atoms with Crippen molar-refractivity contribution in [1.82, 2.24) is 19.9 Å². The van der Waals surface area contributed by atoms with Gasteiger partial charge in [0, 0.05) is 25.1 Å². The summed E-state index contributed by atoms with van der Waals surface area (Å²) in [5.74, 6) is -0.182. The van der Waals surface area contributed by atoms with Gasteiger partial charge in [-0.3, -0.25) is 14.8 Å². The SMILES string of the molecule is Cc1cnc(C(=O)N2CC[C@H](O)[C@@H]2Cc2cccnc2)cn1. The number of carbonyl (C=O) groups excluding carboxylic acids is 1. The topological polar surface area (TPSA) is 79.2 Å². The molecule has 6 heteroatoms. The number of aromatic nitrogens is 3. The first kappa shape index (κ1) is 14.6. The van der Waals surface area contributed by atoms with E-state index in [0.717, 1.165) is 11.3 Å². The lowest BCUT2D eigenvalue weighted by molar-refractivity contribution is 0.0634. The van der Waals surface area contributed by atoms with E-state index in [-0.39, 0.29) is 11.9 Å². The van der Waals surface area contributed by atoms with E-state index < -0.39 is 6.10 Å². The summed E-state index contributed by atoms with van der Waals surface area (Å²) in [6, 6.07) is 3.56. The Bertz CT molecular complexity index is 645. The zero-order valence-electron chi connectivity index (χ0n) is 12.4. The van der Waals surface area contributed by atoms with Crippen LogP contribution in [-0.2, 0) is 6.42 Å². The number of aryl methyl sites for hydroxylation is 1. The highest BCUT2D eigenvalue weighted by Gasteiger charge is 2.36. The minimum absolute atomic E-state index is 0.182. The van der Waals surface area contributed by atoms with Crippen molar-refractivity contribution in [2.45, 2.75) is 31.9 Å². The largest absolute Gasteiger partial charge is 0.391 e. The molecule has 114 valence electrons. The summed E-state index contributed by atoms with van der Waals surface area (Å²) in [5, 5.41) is 10.2. The Labute approximate surface area is 128 Å². The maximum Gasteiger partial charge on any atom is 0.274 e. The molecule has 1 saturated heterocycles. The van der Waals surface area contributed by atoms with E-state index in [0.29, 0.717) is 25.1 Å². The number of hydrogen-bond acceptors (Lipinski definition) is 5. The van der Waals surface area contributed by atoms with Gasteiger partial charge in [0.15, 0.2) is 0 Å². The van der Waals surface area contributed by atoms with Crippen LogP contribution in [-0.4, -0.2) is 49.6 Å². The molecule has 1 N–H and O–H groups in total. The lowest BCUT2D eigenvalue weighted by Gasteiger charge is -2.26. The number of amides is 1. The van der Waals surface area contributed by atoms with Crippen LogP contribution in [0, 0.1) is 6.92 Å². The van der Waals surface area contributed by atoms with Crippen LogP contribution in [0.15, 0.2) is 36.9 Å². The van der Waals surface area contributed by atoms with Crippen molar-refractivity contribution in [3.63, 3.8) is 0 Å². The zero-order chi connectivity index (χ0) is 15.5. The number of aliphatic hydroxyl groups is 1. The van der Waals surface area contributed by atoms with Crippen molar-refractivity contribution in [3.05, 3.63) is 53.9 Å². The Kier molecular flexibility index (Phi) is 4.11. The average Bonchev–Trinajstić information content (AvgIpc) is 2.89. The molecule has 1 aliphatic heterocycles. The number of carbonyl (C=O) groups is 1. The van der Waals surface area contributed by atoms with Crippen LogP contribution in [0.5, 0.6) is 0 Å². The quantitative estimate of drug-likeness (QED) is 0.914. The van der Waals surface area contributed by atoms with E-state index in [2.05, 4.69) is 15.0 Å². The van der Waals surface area contributed by atoms with Gasteiger partial charge in [-0.2, -0.15) is 0 Å². The molecule has 3 heterocycles. The van der Waals surface area contributed by atoms with Crippen molar-refractivity contribution in [2.24, 2.45) is 0 Å². The van der Waals surface area contributed by atoms with E-state index in [4.69, 9.17) is 0 Å². The summed E-state index contributed by atoms with van der Waals surface area (Å²) < 4.78 is 0. The molecule has 2 atom stereocenters. The summed E-state index contributed by atoms with van der Waals surface area (Å²) in [4.78, 5) is 26.6. The Morgan fingerprint density at radius 3 is 2.91 bits per heavy atom. The van der Waals surface area contributed by atoms with E-state index >= 15 is 0 Å². The summed E-state index contributed by atoms with van der Waals surface area (Å²) >= 11 is 0. The Morgan fingerprint density at radius 2 is 2.23 bits per heavy atom. The molecule has 1 aliphatic rings. The van der Waals surface area contributed by atoms with Crippen molar-refractivity contribution >= 4 is 5.91 Å². The summed E-state index contributed by atoms with van der Waals surface area (Å²) in [7, 11) is 0. The van der Waals surface area contributed by atoms with Gasteiger partial charge in [-0.15, -0.1) is 0 Å². The first-order chi connectivity index (χ1) is 10.6. The van der Waals surface area contributed by atoms with Crippen LogP contribution in [0.4, 0.5) is 0 Å². The molecule has 0 saturated carbocycles. The van der Waals surface area contributed by atoms with E-state index in [1.165, 1.54) is 6.20 Å². The first-order valence-electron chi connectivity index (χ1n) is 7.32. The maximum absolute atomic E-state index is 12.6. The summed E-state index contributed by atoms with van der Waals surface area (Å²) in [5.41, 5.74) is 2.09. The third-order valence-corrected chi connectivity index (χ3v) is 3.94. The van der Waals surface area contributed by atoms with Gasteiger partial charge in [0.05, 0.1) is 24.0 Å². The van der Waals surface area contributed by atoms with Crippen LogP contribution in [0.3, 0.4) is 0 Å². The van der Waals surface area contributed by atoms with Gasteiger partial charge in [-0.1, -0.05) is 6.07 Å². The Morgan fingerprint density at radius 1 is 1.36 bits per heavy atom. The van der Waals surface area contributed by atoms with Crippen LogP contribution < -0.4 is 0 Å². The fraction of sp³-hybridized carbons (Fsp3) is 0.375. The highest BCUT2D eigenvalue weighted by Crippen LogP contribution is 2.23. The second kappa shape index (κ2) is 6.19. The van der Waals surface area contributed by atoms with Gasteiger partial charge in [-0.25, -0.2) is 4.98 Å². The van der Waals surface area contributed by atoms with Crippen molar-refractivity contribution in [3.8, 4) is 0 Å². The molecule has 0 radical (unpaired) electrons. The molecular weight excluding hydrogens is 280 g/mol. The highest BCUT2D eigenvalue weighted by molar-refractivity contribution is 5.92. The molecular formula is C16H18N4O2. The van der Waals surface area contributed by atoms with Crippen molar-refractivity contribution < 1.29 is 9.90 Å². The zero-order valence-corrected chi connectivity index (χ0v) is 12.4. The van der Waals surface area contributed by atoms with Gasteiger partial charge in [0.2, 0.25) is 0 Å². The van der Waals surface area contributed by atoms with Crippen molar-refractivity contribution in [2.75, 3.05) is 6.54 Å². The van der Waals surface area contributed by atoms with E-state index in [9.17, 15) is 9.90 Å². The van der Waals surface area contributed by atoms with Crippen LogP contribution in [0.2, 0.25) is 0 Å². The number of aliphatic hydroxyl groups excluding tert-OH is 1. The predicted octanol–water partition coefficient (Wildman–Crippen LogP) is 0.998. The number of likely N-dealkylation sites (tertiary alicyclic amines) is 1. The normalized spacial score (nSPS) is 21.1. The monoisotopic (exact) mass is 298 g/mol. The molecule has 0 spiro atoms. The molecule has 0 bridgehead atoms. The van der Waals surface area contributed by atoms with Crippen LogP contribution in [0.1, 0.15) is 28.2 Å². The van der Waals surface area contributed by atoms with Gasteiger partial charge >= 0.3 is 0 Å². The standard InChI is InChI=1S/C16H18N4O2/c1-11-8-19-13(10-18-11)16(22)20-6-4-15(21)14(20)7-12-3-2-5-17-9-12/h2-3,5,8-10,14-15,21H,4,6-7H2,1H3/t14-,15-/m0/s1. The minimum Gasteiger partial charge on any atom is -0.391 e. The van der Waals surface area contributed by atoms with Crippen LogP contribution in [0.25, 0.3) is 0 Å². The molecule has 0 unspecified atom stereocenters. The van der Waals surface area contributed by atoms with Crippen LogP contribution >= 0.6 is 0 Å². The van der Waals surface area contributed by atoms with Gasteiger partial charge in [0.25, 0.3) is 5.91 Å². The molecule has 3 rings (SSSR count). The lowest BCUT2D eigenvalue weighted by Crippen LogP contribution is -2.41. The fourth-order valence-corrected chi connectivity index (χ4v) is 2.75. The second-order valence-electron chi connectivity index (χ2n) is 5.53. The molecule has 0 aliphatic carbocycles. The number of rotatable bonds is 3. The van der Waals surface area contributed by atoms with Gasteiger partial charge in [0.1, 0.15) is 5.69 Å². The van der Waals surface area contributed by atoms with E-state index in [1.54, 1.807) is 23.5 Å². The number of nitrogens with zero attached hydrogens (tertiary/aromatic N) is 4. The predicted molar refractivity (Wildman–Crippen MR) is 80.2 cm³/mol. The highest BCUT2D eigenvalue weighted by atomic mass is 16.3. The summed E-state index contributed by atoms with van der Waals surface area (Å²) in [6.45, 7) is 2.35. The smallest absolute Gasteiger partial charge is 0.274 e. The number of hydrogen-bond donors (Lipinski definition) is 1.